The van der Waals surface area contributed by atoms with E-state index in [-0.39, 0.29) is 0 Å². The number of nitrogens with one attached hydrogen (secondary N) is 1. The Bertz CT molecular complexity index is 326. The number of hydrogen-bond donors (Lipinski definition) is 2. The zero-order chi connectivity index (χ0) is 12.7. The summed E-state index contributed by atoms with van der Waals surface area (Å²) in [5.41, 5.74) is 6.83. The summed E-state index contributed by atoms with van der Waals surface area (Å²) in [7, 11) is 1.70. The van der Waals surface area contributed by atoms with Gasteiger partial charge in [-0.25, -0.2) is 0 Å². The number of nitrogens with two attached hydrogens (primary N) is 1. The molecule has 3 nitrogen and oxygen atoms in total. The van der Waals surface area contributed by atoms with Crippen molar-refractivity contribution < 1.29 is 4.74 Å². The topological polar surface area (TPSA) is 47.3 Å². The predicted octanol–water partition coefficient (Wildman–Crippen LogP) is 1.81. The van der Waals surface area contributed by atoms with Gasteiger partial charge in [0.1, 0.15) is 5.75 Å². The molecule has 0 heterocycles. The van der Waals surface area contributed by atoms with Crippen LogP contribution in [-0.4, -0.2) is 26.2 Å². The lowest BCUT2D eigenvalue weighted by Crippen LogP contribution is -2.38. The Morgan fingerprint density at radius 1 is 1.35 bits per heavy atom. The van der Waals surface area contributed by atoms with Gasteiger partial charge in [0.15, 0.2) is 0 Å². The average molecular weight is 236 g/mol. The molecule has 0 bridgehead atoms. The van der Waals surface area contributed by atoms with Crippen molar-refractivity contribution in [2.45, 2.75) is 26.3 Å². The highest BCUT2D eigenvalue weighted by atomic mass is 16.5. The molecule has 0 spiro atoms. The number of benzene rings is 1. The Kier molecular flexibility index (Phi) is 6.01. The number of methoxy groups -OCH3 is 1. The highest BCUT2D eigenvalue weighted by Crippen LogP contribution is 2.16. The molecule has 96 valence electrons. The monoisotopic (exact) mass is 236 g/mol. The summed E-state index contributed by atoms with van der Waals surface area (Å²) in [4.78, 5) is 0. The van der Waals surface area contributed by atoms with Gasteiger partial charge in [-0.15, -0.1) is 0 Å². The molecule has 1 aromatic rings. The predicted molar refractivity (Wildman–Crippen MR) is 72.4 cm³/mol. The maximum absolute atomic E-state index is 5.53. The molecule has 0 aliphatic carbocycles. The van der Waals surface area contributed by atoms with Crippen molar-refractivity contribution in [3.63, 3.8) is 0 Å². The second kappa shape index (κ2) is 7.30. The van der Waals surface area contributed by atoms with Crippen molar-refractivity contribution in [1.82, 2.24) is 5.32 Å². The van der Waals surface area contributed by atoms with Crippen LogP contribution in [0.3, 0.4) is 0 Å². The van der Waals surface area contributed by atoms with Gasteiger partial charge in [0.25, 0.3) is 0 Å². The van der Waals surface area contributed by atoms with Gasteiger partial charge in [-0.3, -0.25) is 0 Å². The normalized spacial score (nSPS) is 12.8. The third-order valence-corrected chi connectivity index (χ3v) is 2.95. The van der Waals surface area contributed by atoms with Gasteiger partial charge in [0, 0.05) is 19.1 Å². The van der Waals surface area contributed by atoms with Crippen molar-refractivity contribution in [1.29, 1.82) is 0 Å². The molecule has 3 heteroatoms. The van der Waals surface area contributed by atoms with Crippen molar-refractivity contribution in [2.75, 3.05) is 20.2 Å². The third kappa shape index (κ3) is 4.75. The molecule has 1 unspecified atom stereocenters. The minimum atomic E-state index is 0.464. The Morgan fingerprint density at radius 2 is 2.12 bits per heavy atom. The summed E-state index contributed by atoms with van der Waals surface area (Å²) >= 11 is 0. The van der Waals surface area contributed by atoms with Gasteiger partial charge in [-0.1, -0.05) is 26.0 Å². The van der Waals surface area contributed by atoms with Crippen LogP contribution in [0, 0.1) is 5.92 Å². The molecule has 3 N–H and O–H groups in total. The summed E-state index contributed by atoms with van der Waals surface area (Å²) in [6, 6.07) is 8.71. The average Bonchev–Trinajstić information content (AvgIpc) is 2.34. The minimum absolute atomic E-state index is 0.464. The molecule has 0 radical (unpaired) electrons. The van der Waals surface area contributed by atoms with Crippen LogP contribution >= 0.6 is 0 Å². The molecule has 0 aliphatic rings. The highest BCUT2D eigenvalue weighted by molar-refractivity contribution is 5.29. The van der Waals surface area contributed by atoms with Gasteiger partial charge in [-0.05, 0) is 30.0 Å². The van der Waals surface area contributed by atoms with Crippen LogP contribution in [0.1, 0.15) is 19.4 Å². The fourth-order valence-electron chi connectivity index (χ4n) is 1.87. The van der Waals surface area contributed by atoms with Crippen LogP contribution in [0.2, 0.25) is 0 Å². The third-order valence-electron chi connectivity index (χ3n) is 2.95. The molecular weight excluding hydrogens is 212 g/mol. The van der Waals surface area contributed by atoms with Crippen molar-refractivity contribution >= 4 is 0 Å². The Morgan fingerprint density at radius 3 is 2.71 bits per heavy atom. The second-order valence-corrected chi connectivity index (χ2v) is 4.65. The quantitative estimate of drug-likeness (QED) is 0.759. The Balaban J connectivity index is 2.64. The number of hydrogen-bond acceptors (Lipinski definition) is 3. The number of ether oxygens (including phenoxy) is 1. The molecule has 0 aliphatic heterocycles. The summed E-state index contributed by atoms with van der Waals surface area (Å²) in [6.07, 6.45) is 1.01. The first-order valence-electron chi connectivity index (χ1n) is 6.23. The lowest BCUT2D eigenvalue weighted by atomic mass is 9.96. The molecular formula is C14H24N2O. The molecule has 17 heavy (non-hydrogen) atoms. The molecule has 0 saturated carbocycles. The summed E-state index contributed by atoms with van der Waals surface area (Å²) in [5, 5.41) is 3.49. The van der Waals surface area contributed by atoms with Crippen LogP contribution < -0.4 is 15.8 Å². The van der Waals surface area contributed by atoms with Crippen LogP contribution in [0.25, 0.3) is 0 Å². The summed E-state index contributed by atoms with van der Waals surface area (Å²) in [5.74, 6) is 1.51. The standard InChI is InChI=1S/C14H24N2O/c1-11(2)14(16-8-7-15)10-12-5-4-6-13(9-12)17-3/h4-6,9,11,14,16H,7-8,10,15H2,1-3H3. The maximum atomic E-state index is 5.53. The highest BCUT2D eigenvalue weighted by Gasteiger charge is 2.13. The van der Waals surface area contributed by atoms with E-state index >= 15 is 0 Å². The largest absolute Gasteiger partial charge is 0.497 e. The van der Waals surface area contributed by atoms with E-state index in [9.17, 15) is 0 Å². The first kappa shape index (κ1) is 14.0. The molecule has 0 amide bonds. The van der Waals surface area contributed by atoms with E-state index in [1.54, 1.807) is 7.11 Å². The molecule has 0 fully saturated rings. The summed E-state index contributed by atoms with van der Waals surface area (Å²) in [6.45, 7) is 6.01. The van der Waals surface area contributed by atoms with E-state index < -0.39 is 0 Å². The lowest BCUT2D eigenvalue weighted by molar-refractivity contribution is 0.397. The van der Waals surface area contributed by atoms with Crippen LogP contribution in [0.4, 0.5) is 0 Å². The van der Waals surface area contributed by atoms with Gasteiger partial charge in [0.2, 0.25) is 0 Å². The number of rotatable bonds is 7. The molecule has 0 saturated heterocycles. The van der Waals surface area contributed by atoms with E-state index in [1.807, 2.05) is 12.1 Å². The van der Waals surface area contributed by atoms with Gasteiger partial charge < -0.3 is 15.8 Å². The Hall–Kier alpha value is -1.06. The van der Waals surface area contributed by atoms with Gasteiger partial charge in [-0.2, -0.15) is 0 Å². The van der Waals surface area contributed by atoms with E-state index in [2.05, 4.69) is 31.3 Å². The zero-order valence-corrected chi connectivity index (χ0v) is 11.1. The van der Waals surface area contributed by atoms with Crippen LogP contribution in [0.5, 0.6) is 5.75 Å². The molecule has 1 aromatic carbocycles. The molecule has 1 atom stereocenters. The van der Waals surface area contributed by atoms with Crippen molar-refractivity contribution in [3.8, 4) is 5.75 Å². The van der Waals surface area contributed by atoms with E-state index in [1.165, 1.54) is 5.56 Å². The molecule has 0 aromatic heterocycles. The van der Waals surface area contributed by atoms with E-state index in [4.69, 9.17) is 10.5 Å². The first-order valence-corrected chi connectivity index (χ1v) is 6.23. The molecule has 1 rings (SSSR count). The SMILES string of the molecule is COc1cccc(CC(NCCN)C(C)C)c1. The van der Waals surface area contributed by atoms with Crippen LogP contribution in [-0.2, 0) is 6.42 Å². The van der Waals surface area contributed by atoms with E-state index in [0.717, 1.165) is 18.7 Å². The maximum Gasteiger partial charge on any atom is 0.119 e. The fourth-order valence-corrected chi connectivity index (χ4v) is 1.87. The van der Waals surface area contributed by atoms with Crippen molar-refractivity contribution in [3.05, 3.63) is 29.8 Å². The van der Waals surface area contributed by atoms with Gasteiger partial charge >= 0.3 is 0 Å². The van der Waals surface area contributed by atoms with E-state index in [0.29, 0.717) is 18.5 Å². The summed E-state index contributed by atoms with van der Waals surface area (Å²) < 4.78 is 5.24. The lowest BCUT2D eigenvalue weighted by Gasteiger charge is -2.22. The zero-order valence-electron chi connectivity index (χ0n) is 11.1. The minimum Gasteiger partial charge on any atom is -0.497 e. The van der Waals surface area contributed by atoms with Gasteiger partial charge in [0.05, 0.1) is 7.11 Å². The first-order chi connectivity index (χ1) is 8.17. The fraction of sp³-hybridized carbons (Fsp3) is 0.571. The van der Waals surface area contributed by atoms with Crippen LogP contribution in [0.15, 0.2) is 24.3 Å². The second-order valence-electron chi connectivity index (χ2n) is 4.65. The smallest absolute Gasteiger partial charge is 0.119 e. The Labute approximate surface area is 104 Å². The van der Waals surface area contributed by atoms with Crippen molar-refractivity contribution in [2.24, 2.45) is 11.7 Å².